The number of carbonyl (C=O) groups is 1. The van der Waals surface area contributed by atoms with Gasteiger partial charge < -0.3 is 26.4 Å². The van der Waals surface area contributed by atoms with Crippen molar-refractivity contribution in [2.45, 2.75) is 50.3 Å². The van der Waals surface area contributed by atoms with E-state index in [2.05, 4.69) is 15.0 Å². The second kappa shape index (κ2) is 8.75. The van der Waals surface area contributed by atoms with Gasteiger partial charge in [0.15, 0.2) is 17.7 Å². The van der Waals surface area contributed by atoms with Gasteiger partial charge >= 0.3 is 10.3 Å². The topological polar surface area (TPSA) is 218 Å². The van der Waals surface area contributed by atoms with Crippen molar-refractivity contribution in [1.29, 1.82) is 0 Å². The predicted molar refractivity (Wildman–Crippen MR) is 102 cm³/mol. The maximum absolute atomic E-state index is 12.0. The van der Waals surface area contributed by atoms with E-state index in [1.54, 1.807) is 11.6 Å². The van der Waals surface area contributed by atoms with Crippen LogP contribution in [0.4, 0.5) is 5.82 Å². The first-order valence-electron chi connectivity index (χ1n) is 9.05. The average Bonchev–Trinajstić information content (AvgIpc) is 3.23. The fourth-order valence-corrected chi connectivity index (χ4v) is 3.75. The Morgan fingerprint density at radius 2 is 2.10 bits per heavy atom. The van der Waals surface area contributed by atoms with E-state index < -0.39 is 53.4 Å². The number of aliphatic hydroxyl groups is 2. The van der Waals surface area contributed by atoms with Crippen molar-refractivity contribution in [3.8, 4) is 0 Å². The van der Waals surface area contributed by atoms with Crippen LogP contribution in [0.2, 0.25) is 0 Å². The number of amides is 1. The van der Waals surface area contributed by atoms with E-state index in [0.717, 1.165) is 0 Å². The van der Waals surface area contributed by atoms with Gasteiger partial charge in [0.05, 0.1) is 19.0 Å². The molecule has 0 radical (unpaired) electrons. The van der Waals surface area contributed by atoms with Gasteiger partial charge in [0.25, 0.3) is 5.91 Å². The number of nitrogens with two attached hydrogens (primary N) is 2. The van der Waals surface area contributed by atoms with E-state index in [-0.39, 0.29) is 17.0 Å². The molecular weight excluding hydrogens is 422 g/mol. The number of aromatic nitrogens is 4. The minimum Gasteiger partial charge on any atom is -0.387 e. The Morgan fingerprint density at radius 3 is 2.80 bits per heavy atom. The van der Waals surface area contributed by atoms with Crippen LogP contribution < -0.4 is 16.2 Å². The molecule has 30 heavy (non-hydrogen) atoms. The number of nitrogens with one attached hydrogen (secondary N) is 1. The predicted octanol–water partition coefficient (Wildman–Crippen LogP) is -2.47. The quantitative estimate of drug-likeness (QED) is 0.285. The molecule has 14 nitrogen and oxygen atoms in total. The van der Waals surface area contributed by atoms with Crippen LogP contribution >= 0.6 is 0 Å². The Kier molecular flexibility index (Phi) is 6.49. The van der Waals surface area contributed by atoms with Crippen molar-refractivity contribution in [3.05, 3.63) is 12.7 Å². The van der Waals surface area contributed by atoms with Gasteiger partial charge in [-0.3, -0.25) is 13.5 Å². The zero-order valence-corrected chi connectivity index (χ0v) is 16.8. The van der Waals surface area contributed by atoms with Gasteiger partial charge in [-0.2, -0.15) is 8.42 Å². The molecule has 0 aromatic carbocycles. The molecule has 0 saturated carbocycles. The molecule has 2 aromatic heterocycles. The third kappa shape index (κ3) is 4.50. The molecular formula is C15H23N7O7S. The second-order valence-corrected chi connectivity index (χ2v) is 8.08. The lowest BCUT2D eigenvalue weighted by molar-refractivity contribution is -0.120. The van der Waals surface area contributed by atoms with Crippen molar-refractivity contribution < 1.29 is 32.3 Å². The van der Waals surface area contributed by atoms with Gasteiger partial charge in [0, 0.05) is 0 Å². The summed E-state index contributed by atoms with van der Waals surface area (Å²) in [5.41, 5.74) is 11.8. The molecule has 1 fully saturated rings. The van der Waals surface area contributed by atoms with Crippen molar-refractivity contribution in [2.24, 2.45) is 5.73 Å². The van der Waals surface area contributed by atoms with E-state index >= 15 is 0 Å². The number of carbonyl (C=O) groups excluding carboxylic acids is 1. The summed E-state index contributed by atoms with van der Waals surface area (Å²) in [5.74, 6) is -0.792. The highest BCUT2D eigenvalue weighted by Crippen LogP contribution is 2.32. The summed E-state index contributed by atoms with van der Waals surface area (Å²) in [4.78, 5) is 23.7. The fourth-order valence-electron chi connectivity index (χ4n) is 2.98. The highest BCUT2D eigenvalue weighted by molar-refractivity contribution is 7.85. The highest BCUT2D eigenvalue weighted by Gasteiger charge is 2.45. The molecule has 0 spiro atoms. The number of aliphatic hydroxyl groups excluding tert-OH is 2. The summed E-state index contributed by atoms with van der Waals surface area (Å²) in [7, 11) is -4.49. The zero-order chi connectivity index (χ0) is 22.1. The van der Waals surface area contributed by atoms with Gasteiger partial charge in [-0.1, -0.05) is 13.3 Å². The molecule has 15 heteroatoms. The summed E-state index contributed by atoms with van der Waals surface area (Å²) in [6.07, 6.45) is -1.90. The van der Waals surface area contributed by atoms with E-state index in [1.807, 2.05) is 0 Å². The number of hydrogen-bond donors (Lipinski definition) is 5. The molecule has 1 amide bonds. The van der Waals surface area contributed by atoms with E-state index in [9.17, 15) is 23.4 Å². The number of rotatable bonds is 8. The largest absolute Gasteiger partial charge is 0.387 e. The number of fused-ring (bicyclic) bond motifs is 1. The maximum Gasteiger partial charge on any atom is 0.362 e. The summed E-state index contributed by atoms with van der Waals surface area (Å²) in [6.45, 7) is 1.13. The summed E-state index contributed by atoms with van der Waals surface area (Å²) in [5, 5.41) is 20.6. The molecule has 3 heterocycles. The number of anilines is 1. The van der Waals surface area contributed by atoms with Gasteiger partial charge in [-0.05, 0) is 6.42 Å². The first-order valence-corrected chi connectivity index (χ1v) is 10.5. The Hall–Kier alpha value is -2.43. The van der Waals surface area contributed by atoms with E-state index in [0.29, 0.717) is 12.8 Å². The first kappa shape index (κ1) is 22.3. The van der Waals surface area contributed by atoms with E-state index in [4.69, 9.17) is 20.4 Å². The van der Waals surface area contributed by atoms with Crippen LogP contribution in [0, 0.1) is 0 Å². The van der Waals surface area contributed by atoms with Crippen LogP contribution in [0.1, 0.15) is 26.0 Å². The monoisotopic (exact) mass is 445 g/mol. The smallest absolute Gasteiger partial charge is 0.362 e. The molecule has 1 aliphatic heterocycles. The number of nitrogens with zero attached hydrogens (tertiary/aromatic N) is 4. The van der Waals surface area contributed by atoms with Crippen molar-refractivity contribution in [1.82, 2.24) is 24.2 Å². The maximum atomic E-state index is 12.0. The molecule has 2 aromatic rings. The number of ether oxygens (including phenoxy) is 1. The highest BCUT2D eigenvalue weighted by atomic mass is 32.2. The van der Waals surface area contributed by atoms with Gasteiger partial charge in [0.1, 0.15) is 30.2 Å². The minimum absolute atomic E-state index is 0.120. The standard InChI is InChI=1S/C15H23N7O7S/c1-2-3-7(16)14(25)21-30(26,27)28-4-8-10(23)11(24)15(29-8)22-6-20-9-12(17)18-5-19-13(9)22/h5-8,10-11,15,23-24H,2-4,16H2,1H3,(H,21,25)(H2,17,18,19)/t7-,8-,10-,11-,15-/m1/s1. The lowest BCUT2D eigenvalue weighted by Crippen LogP contribution is -2.44. The Morgan fingerprint density at radius 1 is 1.37 bits per heavy atom. The lowest BCUT2D eigenvalue weighted by Gasteiger charge is -2.16. The van der Waals surface area contributed by atoms with Crippen LogP contribution in [0.5, 0.6) is 0 Å². The number of nitrogen functional groups attached to an aromatic ring is 1. The third-order valence-corrected chi connectivity index (χ3v) is 5.45. The van der Waals surface area contributed by atoms with Crippen LogP contribution in [0.3, 0.4) is 0 Å². The Bertz CT molecular complexity index is 1010. The zero-order valence-electron chi connectivity index (χ0n) is 16.0. The number of imidazole rings is 1. The van der Waals surface area contributed by atoms with Crippen LogP contribution in [0.15, 0.2) is 12.7 Å². The third-order valence-electron chi connectivity index (χ3n) is 4.55. The minimum atomic E-state index is -4.49. The van der Waals surface area contributed by atoms with Gasteiger partial charge in [0.2, 0.25) is 0 Å². The normalized spacial score (nSPS) is 25.5. The molecule has 0 aliphatic carbocycles. The van der Waals surface area contributed by atoms with Crippen LogP contribution in [-0.2, 0) is 24.0 Å². The van der Waals surface area contributed by atoms with Gasteiger partial charge in [-0.25, -0.2) is 19.7 Å². The molecule has 5 atom stereocenters. The van der Waals surface area contributed by atoms with Crippen molar-refractivity contribution in [2.75, 3.05) is 12.3 Å². The molecule has 166 valence electrons. The molecule has 1 saturated heterocycles. The Balaban J connectivity index is 1.67. The summed E-state index contributed by atoms with van der Waals surface area (Å²) in [6, 6.07) is -1.00. The fraction of sp³-hybridized carbons (Fsp3) is 0.600. The Labute approximate surface area is 171 Å². The summed E-state index contributed by atoms with van der Waals surface area (Å²) >= 11 is 0. The van der Waals surface area contributed by atoms with Crippen molar-refractivity contribution in [3.63, 3.8) is 0 Å². The summed E-state index contributed by atoms with van der Waals surface area (Å²) < 4.78 is 37.2. The molecule has 3 rings (SSSR count). The molecule has 0 unspecified atom stereocenters. The average molecular weight is 445 g/mol. The molecule has 7 N–H and O–H groups in total. The second-order valence-electron chi connectivity index (χ2n) is 6.73. The number of hydrogen-bond acceptors (Lipinski definition) is 12. The molecule has 0 bridgehead atoms. The molecule has 1 aliphatic rings. The van der Waals surface area contributed by atoms with Crippen LogP contribution in [0.25, 0.3) is 11.2 Å². The van der Waals surface area contributed by atoms with Gasteiger partial charge in [-0.15, -0.1) is 0 Å². The lowest BCUT2D eigenvalue weighted by atomic mass is 10.1. The van der Waals surface area contributed by atoms with Crippen LogP contribution in [-0.4, -0.2) is 75.0 Å². The first-order chi connectivity index (χ1) is 14.1. The van der Waals surface area contributed by atoms with Crippen molar-refractivity contribution >= 4 is 33.2 Å². The SMILES string of the molecule is CCC[C@@H](N)C(=O)NS(=O)(=O)OC[C@H]1O[C@@H](n2cnc3c(N)ncnc32)[C@H](O)[C@@H]1O. The van der Waals surface area contributed by atoms with E-state index in [1.165, 1.54) is 17.2 Å².